The molecule has 0 rings (SSSR count). The molecule has 0 fully saturated rings. The van der Waals surface area contributed by atoms with E-state index in [4.69, 9.17) is 20.4 Å². The summed E-state index contributed by atoms with van der Waals surface area (Å²) in [6, 6.07) is 0. The second-order valence-electron chi connectivity index (χ2n) is 2.18. The van der Waals surface area contributed by atoms with Crippen LogP contribution in [0.3, 0.4) is 0 Å². The Bertz CT molecular complexity index is 194. The van der Waals surface area contributed by atoms with Crippen molar-refractivity contribution in [2.45, 2.75) is 0 Å². The molecule has 0 aromatic heterocycles. The minimum atomic E-state index is -0.321. The quantitative estimate of drug-likeness (QED) is 0.195. The third-order valence-electron chi connectivity index (χ3n) is 1.20. The molecule has 0 radical (unpaired) electrons. The van der Waals surface area contributed by atoms with Crippen molar-refractivity contribution in [3.63, 3.8) is 0 Å². The Labute approximate surface area is 131 Å². The molecule has 104 valence electrons. The van der Waals surface area contributed by atoms with Gasteiger partial charge in [0, 0.05) is 0 Å². The third kappa shape index (κ3) is 12.8. The van der Waals surface area contributed by atoms with Crippen LogP contribution in [0.5, 0.6) is 0 Å². The van der Waals surface area contributed by atoms with Crippen LogP contribution in [0.4, 0.5) is 0 Å². The van der Waals surface area contributed by atoms with Crippen molar-refractivity contribution >= 4 is 58.3 Å². The molecule has 0 bridgehead atoms. The molecule has 0 aliphatic rings. The second-order valence-corrected chi connectivity index (χ2v) is 4.24. The Kier molecular flexibility index (Phi) is 19.5. The van der Waals surface area contributed by atoms with Crippen LogP contribution in [-0.2, 0) is 41.7 Å². The van der Waals surface area contributed by atoms with Crippen molar-refractivity contribution in [3.05, 3.63) is 0 Å². The maximum absolute atomic E-state index is 8.31. The van der Waals surface area contributed by atoms with E-state index in [0.29, 0.717) is 0 Å². The van der Waals surface area contributed by atoms with Gasteiger partial charge in [-0.2, -0.15) is 0 Å². The zero-order valence-electron chi connectivity index (χ0n) is 8.46. The minimum Gasteiger partial charge on any atom is -0.411 e. The van der Waals surface area contributed by atoms with Crippen LogP contribution in [0, 0.1) is 0 Å². The molecule has 11 heteroatoms. The summed E-state index contributed by atoms with van der Waals surface area (Å²) in [7, 11) is 0. The van der Waals surface area contributed by atoms with E-state index in [2.05, 4.69) is 49.7 Å². The number of rotatable bonds is 4. The summed E-state index contributed by atoms with van der Waals surface area (Å²) in [6.07, 6.45) is 0. The van der Waals surface area contributed by atoms with E-state index < -0.39 is 0 Å². The van der Waals surface area contributed by atoms with Gasteiger partial charge < -0.3 is 79.9 Å². The first-order valence-corrected chi connectivity index (χ1v) is 5.43. The molecule has 0 atom stereocenters. The molecular weight excluding hydrogens is 351 g/mol. The fourth-order valence-corrected chi connectivity index (χ4v) is 0.782. The molecule has 0 unspecified atom stereocenters. The minimum absolute atomic E-state index is 0. The van der Waals surface area contributed by atoms with Gasteiger partial charge in [0.2, 0.25) is 0 Å². The van der Waals surface area contributed by atoms with Gasteiger partial charge in [-0.3, -0.25) is 0 Å². The summed E-state index contributed by atoms with van der Waals surface area (Å²) in [6.45, 7) is -1.28. The maximum Gasteiger partial charge on any atom is 2.00 e. The Balaban J connectivity index is -0.000000218. The first kappa shape index (κ1) is 22.7. The molecule has 0 aromatic rings. The Morgan fingerprint density at radius 1 is 0.765 bits per heavy atom. The summed E-state index contributed by atoms with van der Waals surface area (Å²) in [5.41, 5.74) is 0. The normalized spacial score (nSPS) is 8.24. The van der Waals surface area contributed by atoms with Crippen LogP contribution in [0.1, 0.15) is 0 Å². The number of thiocarbonyl (C=S) groups is 2. The number of aliphatic hydroxyl groups excluding tert-OH is 4. The number of nitrogens with zero attached hydrogens (tertiary/aromatic N) is 2. The monoisotopic (exact) mass is 362 g/mol. The molecule has 0 heterocycles. The summed E-state index contributed by atoms with van der Waals surface area (Å²) in [5, 5.41) is 33.2. The average molecular weight is 363 g/mol. The van der Waals surface area contributed by atoms with Gasteiger partial charge in [-0.1, -0.05) is 8.64 Å². The van der Waals surface area contributed by atoms with Crippen molar-refractivity contribution in [3.8, 4) is 0 Å². The molecule has 0 saturated carbocycles. The fourth-order valence-electron chi connectivity index (χ4n) is 0.320. The summed E-state index contributed by atoms with van der Waals surface area (Å²) < 4.78 is 0.157. The summed E-state index contributed by atoms with van der Waals surface area (Å²) >= 11 is 17.7. The molecule has 0 saturated heterocycles. The van der Waals surface area contributed by atoms with Gasteiger partial charge in [0.05, 0.1) is 0 Å². The summed E-state index contributed by atoms with van der Waals surface area (Å²) in [4.78, 5) is 2.15. The average Bonchev–Trinajstić information content (AvgIpc) is 2.21. The smallest absolute Gasteiger partial charge is 0.411 e. The standard InChI is InChI=1S/2C3H7NO2S2.Ni/c2*5-1-4(2-6)3(7)8;/h2*5-6H,1-2H2,(H,7,8);/q;;+2/p-2. The first-order valence-electron chi connectivity index (χ1n) is 3.79. The van der Waals surface area contributed by atoms with Crippen LogP contribution in [0.25, 0.3) is 0 Å². The topological polar surface area (TPSA) is 87.4 Å². The maximum atomic E-state index is 8.31. The number of hydrogen-bond acceptors (Lipinski definition) is 8. The van der Waals surface area contributed by atoms with Crippen molar-refractivity contribution in [1.29, 1.82) is 0 Å². The predicted molar refractivity (Wildman–Crippen MR) is 71.9 cm³/mol. The zero-order valence-corrected chi connectivity index (χ0v) is 12.7. The van der Waals surface area contributed by atoms with E-state index in [1.165, 1.54) is 0 Å². The van der Waals surface area contributed by atoms with E-state index in [1.54, 1.807) is 0 Å². The van der Waals surface area contributed by atoms with Crippen LogP contribution >= 0.6 is 24.4 Å². The molecule has 0 aliphatic heterocycles. The fraction of sp³-hybridized carbons (Fsp3) is 0.667. The first-order chi connectivity index (χ1) is 7.44. The Hall–Kier alpha value is 0.554. The number of hydrogen-bond donors (Lipinski definition) is 4. The van der Waals surface area contributed by atoms with Gasteiger partial charge >= 0.3 is 16.5 Å². The molecule has 4 N–H and O–H groups in total. The SMILES string of the molecule is OCN(CO)C(=S)[S-].OCN(CO)C(=S)[S-].[Ni+2]. The van der Waals surface area contributed by atoms with Gasteiger partial charge in [0.25, 0.3) is 0 Å². The van der Waals surface area contributed by atoms with Crippen molar-refractivity contribution < 1.29 is 36.9 Å². The third-order valence-corrected chi connectivity index (χ3v) is 2.23. The van der Waals surface area contributed by atoms with E-state index in [9.17, 15) is 0 Å². The van der Waals surface area contributed by atoms with Crippen LogP contribution < -0.4 is 0 Å². The number of aliphatic hydroxyl groups is 4. The van der Waals surface area contributed by atoms with Crippen molar-refractivity contribution in [2.24, 2.45) is 0 Å². The largest absolute Gasteiger partial charge is 2.00 e. The van der Waals surface area contributed by atoms with Gasteiger partial charge in [-0.25, -0.2) is 0 Å². The van der Waals surface area contributed by atoms with Crippen molar-refractivity contribution in [1.82, 2.24) is 9.80 Å². The van der Waals surface area contributed by atoms with Crippen molar-refractivity contribution in [2.75, 3.05) is 26.9 Å². The molecule has 0 aromatic carbocycles. The zero-order chi connectivity index (χ0) is 13.1. The van der Waals surface area contributed by atoms with Gasteiger partial charge in [0.1, 0.15) is 26.9 Å². The summed E-state index contributed by atoms with van der Waals surface area (Å²) in [5.74, 6) is 0. The second kappa shape index (κ2) is 14.6. The van der Waals surface area contributed by atoms with E-state index in [-0.39, 0.29) is 52.1 Å². The molecule has 6 nitrogen and oxygen atoms in total. The van der Waals surface area contributed by atoms with Gasteiger partial charge in [-0.05, 0) is 0 Å². The molecule has 0 amide bonds. The van der Waals surface area contributed by atoms with Gasteiger partial charge in [0.15, 0.2) is 0 Å². The molecule has 0 aliphatic carbocycles. The van der Waals surface area contributed by atoms with Crippen LogP contribution in [0.2, 0.25) is 0 Å². The molecular formula is C6H12N2NiO4S4. The van der Waals surface area contributed by atoms with E-state index >= 15 is 0 Å². The predicted octanol–water partition coefficient (Wildman–Crippen LogP) is -1.96. The van der Waals surface area contributed by atoms with E-state index in [0.717, 1.165) is 9.80 Å². The van der Waals surface area contributed by atoms with E-state index in [1.807, 2.05) is 0 Å². The van der Waals surface area contributed by atoms with Gasteiger partial charge in [-0.15, -0.1) is 0 Å². The molecule has 17 heavy (non-hydrogen) atoms. The Morgan fingerprint density at radius 3 is 0.941 bits per heavy atom. The van der Waals surface area contributed by atoms with Crippen LogP contribution in [-0.4, -0.2) is 65.8 Å². The Morgan fingerprint density at radius 2 is 0.941 bits per heavy atom. The molecule has 0 spiro atoms. The van der Waals surface area contributed by atoms with Crippen LogP contribution in [0.15, 0.2) is 0 Å².